The lowest BCUT2D eigenvalue weighted by atomic mass is 9.83. The summed E-state index contributed by atoms with van der Waals surface area (Å²) in [6.07, 6.45) is 3.69. The summed E-state index contributed by atoms with van der Waals surface area (Å²) in [7, 11) is 0. The molecule has 0 amide bonds. The fraction of sp³-hybridized carbons (Fsp3) is 0.280. The lowest BCUT2D eigenvalue weighted by molar-refractivity contribution is -0.239. The molecule has 1 aliphatic carbocycles. The van der Waals surface area contributed by atoms with Gasteiger partial charge < -0.3 is 0 Å². The molecular weight excluding hydrogens is 364 g/mol. The molecule has 0 N–H and O–H groups in total. The van der Waals surface area contributed by atoms with Gasteiger partial charge in [0.15, 0.2) is 0 Å². The molecule has 0 saturated heterocycles. The maximum absolute atomic E-state index is 12.7. The van der Waals surface area contributed by atoms with Gasteiger partial charge in [-0.15, -0.1) is 0 Å². The first-order valence-electron chi connectivity index (χ1n) is 10.1. The summed E-state index contributed by atoms with van der Waals surface area (Å²) < 4.78 is 0. The van der Waals surface area contributed by atoms with Gasteiger partial charge in [0.2, 0.25) is 0 Å². The Balaban J connectivity index is 1.55. The van der Waals surface area contributed by atoms with Crippen molar-refractivity contribution in [1.82, 2.24) is 0 Å². The van der Waals surface area contributed by atoms with Crippen LogP contribution in [0.25, 0.3) is 21.9 Å². The molecule has 1 saturated carbocycles. The van der Waals surface area contributed by atoms with E-state index in [-0.39, 0.29) is 5.92 Å². The van der Waals surface area contributed by atoms with Gasteiger partial charge in [0.05, 0.1) is 11.5 Å². The van der Waals surface area contributed by atoms with Gasteiger partial charge in [0.25, 0.3) is 0 Å². The second kappa shape index (κ2) is 8.48. The van der Waals surface area contributed by atoms with Crippen LogP contribution in [0.3, 0.4) is 0 Å². The molecule has 0 heterocycles. The van der Waals surface area contributed by atoms with Crippen molar-refractivity contribution in [3.63, 3.8) is 0 Å². The van der Waals surface area contributed by atoms with Gasteiger partial charge in [-0.05, 0) is 46.7 Å². The summed E-state index contributed by atoms with van der Waals surface area (Å²) in [5, 5.41) is 2.13. The quantitative estimate of drug-likeness (QED) is 0.411. The number of benzene rings is 3. The maximum atomic E-state index is 12.7. The van der Waals surface area contributed by atoms with Crippen LogP contribution in [0.4, 0.5) is 0 Å². The molecule has 0 spiro atoms. The SMILES string of the molecule is CC1CCCC(C(=O)OOC(=O)c2ccccc2-c2cccc3ccccc23)C1. The van der Waals surface area contributed by atoms with Gasteiger partial charge in [-0.1, -0.05) is 80.4 Å². The molecule has 0 aromatic heterocycles. The number of rotatable bonds is 3. The highest BCUT2D eigenvalue weighted by atomic mass is 17.2. The van der Waals surface area contributed by atoms with E-state index in [1.165, 1.54) is 0 Å². The van der Waals surface area contributed by atoms with Crippen LogP contribution >= 0.6 is 0 Å². The number of hydrogen-bond acceptors (Lipinski definition) is 4. The minimum Gasteiger partial charge on any atom is -0.247 e. The van der Waals surface area contributed by atoms with Crippen LogP contribution in [0.2, 0.25) is 0 Å². The average molecular weight is 388 g/mol. The molecule has 0 aliphatic heterocycles. The maximum Gasteiger partial charge on any atom is 0.386 e. The third-order valence-electron chi connectivity index (χ3n) is 5.70. The van der Waals surface area contributed by atoms with Gasteiger partial charge in [-0.3, -0.25) is 0 Å². The largest absolute Gasteiger partial charge is 0.386 e. The number of hydrogen-bond donors (Lipinski definition) is 0. The summed E-state index contributed by atoms with van der Waals surface area (Å²) in [6.45, 7) is 2.13. The molecule has 3 aromatic carbocycles. The third-order valence-corrected chi connectivity index (χ3v) is 5.70. The Hall–Kier alpha value is -3.14. The summed E-state index contributed by atoms with van der Waals surface area (Å²) in [4.78, 5) is 34.9. The zero-order chi connectivity index (χ0) is 20.2. The molecule has 4 rings (SSSR count). The molecule has 1 fully saturated rings. The molecule has 0 bridgehead atoms. The van der Waals surface area contributed by atoms with E-state index < -0.39 is 11.9 Å². The van der Waals surface area contributed by atoms with Crippen molar-refractivity contribution < 1.29 is 19.4 Å². The normalized spacial score (nSPS) is 18.9. The van der Waals surface area contributed by atoms with E-state index in [2.05, 4.69) is 6.92 Å². The van der Waals surface area contributed by atoms with Gasteiger partial charge in [-0.2, -0.15) is 0 Å². The van der Waals surface area contributed by atoms with E-state index in [1.807, 2.05) is 54.6 Å². The van der Waals surface area contributed by atoms with Crippen molar-refractivity contribution in [3.05, 3.63) is 72.3 Å². The lowest BCUT2D eigenvalue weighted by Crippen LogP contribution is -2.25. The van der Waals surface area contributed by atoms with Crippen LogP contribution in [0.5, 0.6) is 0 Å². The Morgan fingerprint density at radius 3 is 2.41 bits per heavy atom. The molecule has 0 radical (unpaired) electrons. The highest BCUT2D eigenvalue weighted by Gasteiger charge is 2.28. The average Bonchev–Trinajstić information content (AvgIpc) is 2.77. The molecular formula is C25H24O4. The van der Waals surface area contributed by atoms with Crippen molar-refractivity contribution in [2.75, 3.05) is 0 Å². The highest BCUT2D eigenvalue weighted by molar-refractivity contribution is 6.04. The molecule has 148 valence electrons. The van der Waals surface area contributed by atoms with Gasteiger partial charge in [-0.25, -0.2) is 19.4 Å². The minimum absolute atomic E-state index is 0.195. The molecule has 2 unspecified atom stereocenters. The summed E-state index contributed by atoms with van der Waals surface area (Å²) in [5.41, 5.74) is 2.05. The highest BCUT2D eigenvalue weighted by Crippen LogP contribution is 2.32. The van der Waals surface area contributed by atoms with Gasteiger partial charge in [0, 0.05) is 0 Å². The zero-order valence-corrected chi connectivity index (χ0v) is 16.5. The van der Waals surface area contributed by atoms with Crippen molar-refractivity contribution in [2.24, 2.45) is 11.8 Å². The van der Waals surface area contributed by atoms with Crippen molar-refractivity contribution in [2.45, 2.75) is 32.6 Å². The molecule has 29 heavy (non-hydrogen) atoms. The molecule has 3 aromatic rings. The number of fused-ring (bicyclic) bond motifs is 1. The Bertz CT molecular complexity index is 1030. The second-order valence-electron chi connectivity index (χ2n) is 7.81. The first-order valence-corrected chi connectivity index (χ1v) is 10.1. The molecule has 1 aliphatic rings. The topological polar surface area (TPSA) is 52.6 Å². The van der Waals surface area contributed by atoms with E-state index in [0.717, 1.165) is 47.6 Å². The summed E-state index contributed by atoms with van der Waals surface area (Å²) in [5.74, 6) is -0.817. The molecule has 2 atom stereocenters. The van der Waals surface area contributed by atoms with Crippen LogP contribution < -0.4 is 0 Å². The van der Waals surface area contributed by atoms with Crippen LogP contribution in [-0.4, -0.2) is 11.9 Å². The van der Waals surface area contributed by atoms with Crippen LogP contribution in [0, 0.1) is 11.8 Å². The Morgan fingerprint density at radius 1 is 0.828 bits per heavy atom. The van der Waals surface area contributed by atoms with Crippen molar-refractivity contribution in [3.8, 4) is 11.1 Å². The van der Waals surface area contributed by atoms with Crippen molar-refractivity contribution in [1.29, 1.82) is 0 Å². The first kappa shape index (κ1) is 19.2. The minimum atomic E-state index is -0.661. The van der Waals surface area contributed by atoms with E-state index in [0.29, 0.717) is 11.5 Å². The lowest BCUT2D eigenvalue weighted by Gasteiger charge is -2.24. The molecule has 4 nitrogen and oxygen atoms in total. The van der Waals surface area contributed by atoms with Crippen LogP contribution in [0.15, 0.2) is 66.7 Å². The number of carbonyl (C=O) groups excluding carboxylic acids is 2. The Labute approximate surface area is 170 Å². The first-order chi connectivity index (χ1) is 14.1. The van der Waals surface area contributed by atoms with E-state index in [1.54, 1.807) is 12.1 Å². The van der Waals surface area contributed by atoms with E-state index in [4.69, 9.17) is 9.78 Å². The summed E-state index contributed by atoms with van der Waals surface area (Å²) >= 11 is 0. The fourth-order valence-corrected chi connectivity index (χ4v) is 4.20. The van der Waals surface area contributed by atoms with E-state index >= 15 is 0 Å². The second-order valence-corrected chi connectivity index (χ2v) is 7.81. The summed E-state index contributed by atoms with van der Waals surface area (Å²) in [6, 6.07) is 21.2. The fourth-order valence-electron chi connectivity index (χ4n) is 4.20. The smallest absolute Gasteiger partial charge is 0.247 e. The zero-order valence-electron chi connectivity index (χ0n) is 16.5. The van der Waals surface area contributed by atoms with Gasteiger partial charge >= 0.3 is 11.9 Å². The third kappa shape index (κ3) is 4.16. The molecule has 4 heteroatoms. The predicted molar refractivity (Wildman–Crippen MR) is 112 cm³/mol. The van der Waals surface area contributed by atoms with Crippen LogP contribution in [0.1, 0.15) is 43.0 Å². The van der Waals surface area contributed by atoms with Gasteiger partial charge in [0.1, 0.15) is 0 Å². The Kier molecular flexibility index (Phi) is 5.61. The standard InChI is InChI=1S/C25H24O4/c1-17-8-6-11-19(16-17)24(26)28-29-25(27)23-14-5-4-13-22(23)21-15-7-10-18-9-2-3-12-20(18)21/h2-5,7,9-10,12-15,17,19H,6,8,11,16H2,1H3. The van der Waals surface area contributed by atoms with E-state index in [9.17, 15) is 9.59 Å². The monoisotopic (exact) mass is 388 g/mol. The number of carbonyl (C=O) groups is 2. The van der Waals surface area contributed by atoms with Crippen molar-refractivity contribution >= 4 is 22.7 Å². The Morgan fingerprint density at radius 2 is 1.55 bits per heavy atom. The predicted octanol–water partition coefficient (Wildman–Crippen LogP) is 5.95. The van der Waals surface area contributed by atoms with Crippen LogP contribution in [-0.2, 0) is 14.6 Å².